The number of ether oxygens (including phenoxy) is 1. The SMILES string of the molecule is CC[C@@H](C)[C@H](NS(=O)(=O)c1ccc(C)c([N+](=O)[O-])c1)C(=O)OC. The summed E-state index contributed by atoms with van der Waals surface area (Å²) in [6, 6.07) is 2.52. The fourth-order valence-electron chi connectivity index (χ4n) is 1.95. The van der Waals surface area contributed by atoms with Gasteiger partial charge in [0, 0.05) is 11.6 Å². The van der Waals surface area contributed by atoms with Crippen LogP contribution in [0.1, 0.15) is 25.8 Å². The molecule has 0 aliphatic carbocycles. The molecule has 2 atom stereocenters. The summed E-state index contributed by atoms with van der Waals surface area (Å²) in [7, 11) is -2.93. The fraction of sp³-hybridized carbons (Fsp3) is 0.500. The number of rotatable bonds is 7. The molecule has 9 heteroatoms. The predicted molar refractivity (Wildman–Crippen MR) is 83.4 cm³/mol. The van der Waals surface area contributed by atoms with Crippen LogP contribution in [-0.2, 0) is 19.6 Å². The molecule has 0 bridgehead atoms. The van der Waals surface area contributed by atoms with Gasteiger partial charge in [0.1, 0.15) is 6.04 Å². The third-order valence-electron chi connectivity index (χ3n) is 3.64. The van der Waals surface area contributed by atoms with Gasteiger partial charge in [-0.2, -0.15) is 4.72 Å². The van der Waals surface area contributed by atoms with Crippen molar-refractivity contribution in [3.8, 4) is 0 Å². The first kappa shape index (κ1) is 19.0. The quantitative estimate of drug-likeness (QED) is 0.458. The number of benzene rings is 1. The van der Waals surface area contributed by atoms with Gasteiger partial charge in [-0.25, -0.2) is 8.42 Å². The zero-order chi connectivity index (χ0) is 17.8. The highest BCUT2D eigenvalue weighted by Crippen LogP contribution is 2.23. The number of nitro groups is 1. The van der Waals surface area contributed by atoms with Crippen LogP contribution < -0.4 is 4.72 Å². The number of aryl methyl sites for hydroxylation is 1. The Balaban J connectivity index is 3.22. The number of carbonyl (C=O) groups excluding carboxylic acids is 1. The molecule has 0 aliphatic heterocycles. The maximum absolute atomic E-state index is 12.4. The van der Waals surface area contributed by atoms with Gasteiger partial charge in [-0.05, 0) is 18.9 Å². The Bertz CT molecular complexity index is 701. The molecule has 0 heterocycles. The van der Waals surface area contributed by atoms with Crippen molar-refractivity contribution in [2.24, 2.45) is 5.92 Å². The van der Waals surface area contributed by atoms with E-state index in [-0.39, 0.29) is 16.5 Å². The van der Waals surface area contributed by atoms with Gasteiger partial charge < -0.3 is 4.74 Å². The van der Waals surface area contributed by atoms with Gasteiger partial charge in [-0.1, -0.05) is 26.3 Å². The molecule has 1 rings (SSSR count). The number of nitrogens with one attached hydrogen (secondary N) is 1. The summed E-state index contributed by atoms with van der Waals surface area (Å²) in [4.78, 5) is 21.8. The third-order valence-corrected chi connectivity index (χ3v) is 5.08. The van der Waals surface area contributed by atoms with E-state index in [0.717, 1.165) is 6.07 Å². The molecule has 0 unspecified atom stereocenters. The van der Waals surface area contributed by atoms with Crippen molar-refractivity contribution >= 4 is 21.7 Å². The summed E-state index contributed by atoms with van der Waals surface area (Å²) in [5.41, 5.74) is 0.0476. The molecular formula is C14H20N2O6S. The van der Waals surface area contributed by atoms with E-state index >= 15 is 0 Å². The Morgan fingerprint density at radius 3 is 2.52 bits per heavy atom. The molecule has 0 aliphatic rings. The van der Waals surface area contributed by atoms with Gasteiger partial charge >= 0.3 is 5.97 Å². The lowest BCUT2D eigenvalue weighted by atomic mass is 10.0. The summed E-state index contributed by atoms with van der Waals surface area (Å²) in [6.45, 7) is 5.03. The van der Waals surface area contributed by atoms with Gasteiger partial charge in [0.05, 0.1) is 16.9 Å². The number of carbonyl (C=O) groups is 1. The van der Waals surface area contributed by atoms with E-state index in [1.807, 2.05) is 6.92 Å². The van der Waals surface area contributed by atoms with E-state index < -0.39 is 27.0 Å². The summed E-state index contributed by atoms with van der Waals surface area (Å²) in [6.07, 6.45) is 0.552. The molecule has 0 saturated carbocycles. The second kappa shape index (κ2) is 7.51. The molecule has 0 fully saturated rings. The van der Waals surface area contributed by atoms with Gasteiger partial charge in [-0.3, -0.25) is 14.9 Å². The monoisotopic (exact) mass is 344 g/mol. The molecule has 0 saturated heterocycles. The second-order valence-corrected chi connectivity index (χ2v) is 6.93. The van der Waals surface area contributed by atoms with E-state index in [9.17, 15) is 23.3 Å². The highest BCUT2D eigenvalue weighted by molar-refractivity contribution is 7.89. The van der Waals surface area contributed by atoms with Crippen LogP contribution in [0.25, 0.3) is 0 Å². The normalized spacial score (nSPS) is 14.1. The molecule has 0 amide bonds. The summed E-state index contributed by atoms with van der Waals surface area (Å²) in [5.74, 6) is -0.998. The molecule has 8 nitrogen and oxygen atoms in total. The number of methoxy groups -OCH3 is 1. The lowest BCUT2D eigenvalue weighted by molar-refractivity contribution is -0.385. The fourth-order valence-corrected chi connectivity index (χ4v) is 3.26. The smallest absolute Gasteiger partial charge is 0.324 e. The topological polar surface area (TPSA) is 116 Å². The van der Waals surface area contributed by atoms with E-state index in [0.29, 0.717) is 12.0 Å². The molecular weight excluding hydrogens is 324 g/mol. The summed E-state index contributed by atoms with van der Waals surface area (Å²) < 4.78 is 31.8. The average molecular weight is 344 g/mol. The second-order valence-electron chi connectivity index (χ2n) is 5.21. The number of hydrogen-bond acceptors (Lipinski definition) is 6. The lowest BCUT2D eigenvalue weighted by Crippen LogP contribution is -2.45. The van der Waals surface area contributed by atoms with E-state index in [2.05, 4.69) is 9.46 Å². The van der Waals surface area contributed by atoms with Crippen LogP contribution in [0.5, 0.6) is 0 Å². The standard InChI is InChI=1S/C14H20N2O6S/c1-5-9(2)13(14(17)22-4)15-23(20,21)11-7-6-10(3)12(8-11)16(18)19/h6-9,13,15H,5H2,1-4H3/t9-,13+/m1/s1. The van der Waals surface area contributed by atoms with Crippen molar-refractivity contribution in [3.05, 3.63) is 33.9 Å². The highest BCUT2D eigenvalue weighted by Gasteiger charge is 2.31. The molecule has 1 aromatic rings. The molecule has 23 heavy (non-hydrogen) atoms. The Labute approximate surface area is 135 Å². The third kappa shape index (κ3) is 4.49. The Kier molecular flexibility index (Phi) is 6.22. The van der Waals surface area contributed by atoms with Gasteiger partial charge in [-0.15, -0.1) is 0 Å². The maximum Gasteiger partial charge on any atom is 0.324 e. The Morgan fingerprint density at radius 2 is 2.04 bits per heavy atom. The minimum absolute atomic E-state index is 0.271. The minimum atomic E-state index is -4.10. The molecule has 1 aromatic carbocycles. The van der Waals surface area contributed by atoms with Crippen LogP contribution in [0, 0.1) is 23.0 Å². The maximum atomic E-state index is 12.4. The molecule has 128 valence electrons. The highest BCUT2D eigenvalue weighted by atomic mass is 32.2. The minimum Gasteiger partial charge on any atom is -0.468 e. The summed E-state index contributed by atoms with van der Waals surface area (Å²) in [5, 5.41) is 10.9. The van der Waals surface area contributed by atoms with Crippen LogP contribution in [-0.4, -0.2) is 32.5 Å². The summed E-state index contributed by atoms with van der Waals surface area (Å²) >= 11 is 0. The first-order valence-electron chi connectivity index (χ1n) is 6.99. The van der Waals surface area contributed by atoms with Crippen molar-refractivity contribution in [1.82, 2.24) is 4.72 Å². The first-order valence-corrected chi connectivity index (χ1v) is 8.47. The number of esters is 1. The van der Waals surface area contributed by atoms with Crippen LogP contribution in [0.3, 0.4) is 0 Å². The zero-order valence-corrected chi connectivity index (χ0v) is 14.2. The Hall–Kier alpha value is -2.00. The number of nitro benzene ring substituents is 1. The lowest BCUT2D eigenvalue weighted by Gasteiger charge is -2.21. The van der Waals surface area contributed by atoms with Gasteiger partial charge in [0.15, 0.2) is 0 Å². The molecule has 0 radical (unpaired) electrons. The van der Waals surface area contributed by atoms with E-state index in [1.165, 1.54) is 26.2 Å². The van der Waals surface area contributed by atoms with E-state index in [1.54, 1.807) is 6.92 Å². The van der Waals surface area contributed by atoms with Gasteiger partial charge in [0.25, 0.3) is 5.69 Å². The molecule has 0 spiro atoms. The van der Waals surface area contributed by atoms with Crippen LogP contribution in [0.2, 0.25) is 0 Å². The number of sulfonamides is 1. The van der Waals surface area contributed by atoms with Gasteiger partial charge in [0.2, 0.25) is 10.0 Å². The van der Waals surface area contributed by atoms with Crippen molar-refractivity contribution in [2.75, 3.05) is 7.11 Å². The van der Waals surface area contributed by atoms with Crippen LogP contribution in [0.15, 0.2) is 23.1 Å². The van der Waals surface area contributed by atoms with Crippen molar-refractivity contribution in [3.63, 3.8) is 0 Å². The Morgan fingerprint density at radius 1 is 1.43 bits per heavy atom. The molecule has 1 N–H and O–H groups in total. The van der Waals surface area contributed by atoms with Crippen molar-refractivity contribution in [1.29, 1.82) is 0 Å². The van der Waals surface area contributed by atoms with Crippen molar-refractivity contribution in [2.45, 2.75) is 38.1 Å². The zero-order valence-electron chi connectivity index (χ0n) is 13.4. The molecule has 0 aromatic heterocycles. The van der Waals surface area contributed by atoms with Crippen LogP contribution >= 0.6 is 0 Å². The van der Waals surface area contributed by atoms with E-state index in [4.69, 9.17) is 0 Å². The predicted octanol–water partition coefficient (Wildman–Crippen LogP) is 1.77. The average Bonchev–Trinajstić information content (AvgIpc) is 2.51. The number of hydrogen-bond donors (Lipinski definition) is 1. The largest absolute Gasteiger partial charge is 0.468 e. The first-order chi connectivity index (χ1) is 10.6. The number of nitrogens with zero attached hydrogens (tertiary/aromatic N) is 1. The van der Waals surface area contributed by atoms with Crippen molar-refractivity contribution < 1.29 is 22.9 Å². The van der Waals surface area contributed by atoms with Crippen LogP contribution in [0.4, 0.5) is 5.69 Å².